The molecular weight excluding hydrogens is 232 g/mol. The first-order chi connectivity index (χ1) is 8.63. The van der Waals surface area contributed by atoms with Gasteiger partial charge in [-0.25, -0.2) is 4.98 Å². The van der Waals surface area contributed by atoms with Crippen LogP contribution in [0.4, 0.5) is 0 Å². The lowest BCUT2D eigenvalue weighted by molar-refractivity contribution is -0.00342. The first-order valence-electron chi connectivity index (χ1n) is 6.44. The molecule has 1 saturated heterocycles. The van der Waals surface area contributed by atoms with Crippen molar-refractivity contribution < 1.29 is 9.53 Å². The molecule has 2 rings (SSSR count). The Kier molecular flexibility index (Phi) is 3.96. The number of nitrogens with one attached hydrogen (secondary N) is 1. The lowest BCUT2D eigenvalue weighted by atomic mass is 10.1. The van der Waals surface area contributed by atoms with Gasteiger partial charge in [0.25, 0.3) is 5.91 Å². The van der Waals surface area contributed by atoms with Crippen molar-refractivity contribution in [3.63, 3.8) is 0 Å². The summed E-state index contributed by atoms with van der Waals surface area (Å²) in [6, 6.07) is 0.132. The van der Waals surface area contributed by atoms with E-state index in [0.717, 1.165) is 12.2 Å². The Balaban J connectivity index is 2.13. The van der Waals surface area contributed by atoms with E-state index in [2.05, 4.69) is 22.1 Å². The van der Waals surface area contributed by atoms with Gasteiger partial charge in [-0.15, -0.1) is 5.10 Å². The number of nitrogens with zero attached hydrogens (tertiary/aromatic N) is 3. The fourth-order valence-corrected chi connectivity index (χ4v) is 2.02. The van der Waals surface area contributed by atoms with E-state index in [-0.39, 0.29) is 23.7 Å². The minimum atomic E-state index is -0.103. The van der Waals surface area contributed by atoms with Gasteiger partial charge in [-0.1, -0.05) is 20.8 Å². The van der Waals surface area contributed by atoms with Crippen LogP contribution in [0, 0.1) is 0 Å². The summed E-state index contributed by atoms with van der Waals surface area (Å²) < 4.78 is 5.39. The number of carbonyl (C=O) groups excluding carboxylic acids is 1. The summed E-state index contributed by atoms with van der Waals surface area (Å²) in [7, 11) is 0. The molecule has 1 aromatic heterocycles. The van der Waals surface area contributed by atoms with Gasteiger partial charge >= 0.3 is 0 Å². The van der Waals surface area contributed by atoms with Gasteiger partial charge in [-0.05, 0) is 6.42 Å². The van der Waals surface area contributed by atoms with E-state index in [9.17, 15) is 4.79 Å². The second-order valence-corrected chi connectivity index (χ2v) is 4.83. The predicted octanol–water partition coefficient (Wildman–Crippen LogP) is 1.18. The minimum Gasteiger partial charge on any atom is -0.377 e. The van der Waals surface area contributed by atoms with Crippen LogP contribution in [0.5, 0.6) is 0 Å². The number of hydrogen-bond acceptors (Lipinski definition) is 4. The molecule has 0 spiro atoms. The maximum atomic E-state index is 12.3. The number of aromatic nitrogens is 3. The van der Waals surface area contributed by atoms with Crippen molar-refractivity contribution in [3.05, 3.63) is 11.6 Å². The molecule has 2 heterocycles. The van der Waals surface area contributed by atoms with Crippen molar-refractivity contribution in [3.8, 4) is 0 Å². The first kappa shape index (κ1) is 13.0. The molecule has 0 saturated carbocycles. The molecule has 0 radical (unpaired) electrons. The fourth-order valence-electron chi connectivity index (χ4n) is 2.02. The minimum absolute atomic E-state index is 0.103. The van der Waals surface area contributed by atoms with Crippen LogP contribution < -0.4 is 0 Å². The Hall–Kier alpha value is -1.43. The fraction of sp³-hybridized carbons (Fsp3) is 0.750. The lowest BCUT2D eigenvalue weighted by Crippen LogP contribution is -2.48. The molecule has 1 aromatic rings. The number of ether oxygens (including phenoxy) is 1. The zero-order valence-corrected chi connectivity index (χ0v) is 11.1. The number of carbonyl (C=O) groups is 1. The molecular formula is C12H20N4O2. The van der Waals surface area contributed by atoms with Crippen molar-refractivity contribution >= 4 is 5.91 Å². The number of hydrogen-bond donors (Lipinski definition) is 1. The highest BCUT2D eigenvalue weighted by Gasteiger charge is 2.29. The van der Waals surface area contributed by atoms with Gasteiger partial charge in [0.2, 0.25) is 5.82 Å². The van der Waals surface area contributed by atoms with Gasteiger partial charge in [0.05, 0.1) is 19.3 Å². The molecule has 0 bridgehead atoms. The molecule has 1 unspecified atom stereocenters. The molecule has 1 fully saturated rings. The summed E-state index contributed by atoms with van der Waals surface area (Å²) in [4.78, 5) is 18.4. The number of morpholine rings is 1. The van der Waals surface area contributed by atoms with E-state index < -0.39 is 0 Å². The van der Waals surface area contributed by atoms with Crippen LogP contribution in [0.1, 0.15) is 49.6 Å². The van der Waals surface area contributed by atoms with Gasteiger partial charge < -0.3 is 9.64 Å². The lowest BCUT2D eigenvalue weighted by Gasteiger charge is -2.34. The summed E-state index contributed by atoms with van der Waals surface area (Å²) in [5.74, 6) is 1.15. The van der Waals surface area contributed by atoms with Crippen molar-refractivity contribution in [2.45, 2.75) is 39.2 Å². The molecule has 6 nitrogen and oxygen atoms in total. The molecule has 0 aromatic carbocycles. The zero-order chi connectivity index (χ0) is 13.1. The summed E-state index contributed by atoms with van der Waals surface area (Å²) in [5, 5.41) is 6.83. The average molecular weight is 252 g/mol. The molecule has 1 amide bonds. The standard InChI is InChI=1S/C12H20N4O2/c1-4-9-7-18-6-5-16(9)12(17)11-13-10(8(2)3)14-15-11/h8-9H,4-7H2,1-3H3,(H,13,14,15). The number of H-pyrrole nitrogens is 1. The smallest absolute Gasteiger partial charge is 0.293 e. The van der Waals surface area contributed by atoms with Crippen LogP contribution in [0.2, 0.25) is 0 Å². The van der Waals surface area contributed by atoms with Gasteiger partial charge in [-0.2, -0.15) is 0 Å². The van der Waals surface area contributed by atoms with Crippen LogP contribution in [0.3, 0.4) is 0 Å². The average Bonchev–Trinajstić information content (AvgIpc) is 2.87. The largest absolute Gasteiger partial charge is 0.377 e. The van der Waals surface area contributed by atoms with Crippen molar-refractivity contribution in [2.75, 3.05) is 19.8 Å². The van der Waals surface area contributed by atoms with Gasteiger partial charge in [0.1, 0.15) is 5.82 Å². The zero-order valence-electron chi connectivity index (χ0n) is 11.1. The van der Waals surface area contributed by atoms with Crippen LogP contribution in [-0.4, -0.2) is 51.8 Å². The maximum Gasteiger partial charge on any atom is 0.293 e. The van der Waals surface area contributed by atoms with Crippen molar-refractivity contribution in [1.82, 2.24) is 20.1 Å². The van der Waals surface area contributed by atoms with Gasteiger partial charge in [-0.3, -0.25) is 9.89 Å². The summed E-state index contributed by atoms with van der Waals surface area (Å²) >= 11 is 0. The summed E-state index contributed by atoms with van der Waals surface area (Å²) in [6.07, 6.45) is 0.882. The van der Waals surface area contributed by atoms with E-state index in [1.807, 2.05) is 18.7 Å². The monoisotopic (exact) mass is 252 g/mol. The third-order valence-corrected chi connectivity index (χ3v) is 3.20. The highest BCUT2D eigenvalue weighted by molar-refractivity contribution is 5.90. The third-order valence-electron chi connectivity index (χ3n) is 3.20. The molecule has 6 heteroatoms. The van der Waals surface area contributed by atoms with E-state index in [0.29, 0.717) is 19.8 Å². The maximum absolute atomic E-state index is 12.3. The molecule has 100 valence electrons. The van der Waals surface area contributed by atoms with Crippen molar-refractivity contribution in [2.24, 2.45) is 0 Å². The molecule has 1 aliphatic heterocycles. The number of amides is 1. The topological polar surface area (TPSA) is 71.1 Å². The normalized spacial score (nSPS) is 20.4. The Labute approximate surface area is 107 Å². The van der Waals surface area contributed by atoms with Gasteiger partial charge in [0, 0.05) is 12.5 Å². The van der Waals surface area contributed by atoms with E-state index in [4.69, 9.17) is 4.74 Å². The van der Waals surface area contributed by atoms with Crippen LogP contribution in [0.25, 0.3) is 0 Å². The molecule has 1 aliphatic rings. The Morgan fingerprint density at radius 2 is 2.39 bits per heavy atom. The number of rotatable bonds is 3. The highest BCUT2D eigenvalue weighted by atomic mass is 16.5. The summed E-state index contributed by atoms with van der Waals surface area (Å²) in [6.45, 7) is 7.88. The second kappa shape index (κ2) is 5.48. The highest BCUT2D eigenvalue weighted by Crippen LogP contribution is 2.14. The van der Waals surface area contributed by atoms with Gasteiger partial charge in [0.15, 0.2) is 0 Å². The van der Waals surface area contributed by atoms with Crippen LogP contribution >= 0.6 is 0 Å². The summed E-state index contributed by atoms with van der Waals surface area (Å²) in [5.41, 5.74) is 0. The molecule has 1 N–H and O–H groups in total. The molecule has 18 heavy (non-hydrogen) atoms. The SMILES string of the molecule is CCC1COCCN1C(=O)c1n[nH]c(C(C)C)n1. The van der Waals surface area contributed by atoms with E-state index in [1.165, 1.54) is 0 Å². The Morgan fingerprint density at radius 1 is 1.61 bits per heavy atom. The van der Waals surface area contributed by atoms with E-state index in [1.54, 1.807) is 0 Å². The molecule has 0 aliphatic carbocycles. The Morgan fingerprint density at radius 3 is 3.00 bits per heavy atom. The second-order valence-electron chi connectivity index (χ2n) is 4.83. The van der Waals surface area contributed by atoms with Crippen LogP contribution in [-0.2, 0) is 4.74 Å². The quantitative estimate of drug-likeness (QED) is 0.876. The number of aromatic amines is 1. The third kappa shape index (κ3) is 2.53. The Bertz CT molecular complexity index is 416. The first-order valence-corrected chi connectivity index (χ1v) is 6.44. The van der Waals surface area contributed by atoms with E-state index >= 15 is 0 Å². The molecule has 1 atom stereocenters. The predicted molar refractivity (Wildman–Crippen MR) is 66.4 cm³/mol. The van der Waals surface area contributed by atoms with Crippen molar-refractivity contribution in [1.29, 1.82) is 0 Å². The van der Waals surface area contributed by atoms with Crippen LogP contribution in [0.15, 0.2) is 0 Å².